The summed E-state index contributed by atoms with van der Waals surface area (Å²) in [5.74, 6) is -1.84. The quantitative estimate of drug-likeness (QED) is 0.722. The van der Waals surface area contributed by atoms with Crippen LogP contribution in [0.5, 0.6) is 11.5 Å². The number of pyridine rings is 1. The summed E-state index contributed by atoms with van der Waals surface area (Å²) in [4.78, 5) is 3.84. The van der Waals surface area contributed by atoms with Gasteiger partial charge in [-0.1, -0.05) is 15.9 Å². The van der Waals surface area contributed by atoms with E-state index in [2.05, 4.69) is 36.8 Å². The number of hydrogen-bond donors (Lipinski definition) is 0. The van der Waals surface area contributed by atoms with Gasteiger partial charge in [-0.2, -0.15) is 4.39 Å². The first-order chi connectivity index (χ1) is 8.08. The molecule has 6 heteroatoms. The Morgan fingerprint density at radius 3 is 2.59 bits per heavy atom. The third-order valence-corrected chi connectivity index (χ3v) is 2.97. The highest BCUT2D eigenvalue weighted by Gasteiger charge is 2.13. The van der Waals surface area contributed by atoms with Crippen molar-refractivity contribution in [1.29, 1.82) is 0 Å². The fourth-order valence-corrected chi connectivity index (χ4v) is 1.91. The maximum absolute atomic E-state index is 13.4. The third kappa shape index (κ3) is 2.81. The Bertz CT molecular complexity index is 563. The lowest BCUT2D eigenvalue weighted by Crippen LogP contribution is -1.93. The minimum Gasteiger partial charge on any atom is -0.453 e. The van der Waals surface area contributed by atoms with Crippen molar-refractivity contribution in [1.82, 2.24) is 4.98 Å². The predicted molar refractivity (Wildman–Crippen MR) is 66.1 cm³/mol. The van der Waals surface area contributed by atoms with Gasteiger partial charge < -0.3 is 4.74 Å². The fraction of sp³-hybridized carbons (Fsp3) is 0. The van der Waals surface area contributed by atoms with Crippen molar-refractivity contribution < 1.29 is 13.5 Å². The highest BCUT2D eigenvalue weighted by Crippen LogP contribution is 2.32. The van der Waals surface area contributed by atoms with Crippen molar-refractivity contribution in [3.63, 3.8) is 0 Å². The van der Waals surface area contributed by atoms with E-state index in [1.54, 1.807) is 6.07 Å². The molecule has 0 aliphatic carbocycles. The lowest BCUT2D eigenvalue weighted by molar-refractivity contribution is 0.413. The van der Waals surface area contributed by atoms with Crippen molar-refractivity contribution in [2.24, 2.45) is 0 Å². The average Bonchev–Trinajstić information content (AvgIpc) is 2.28. The molecule has 0 bridgehead atoms. The molecule has 0 saturated heterocycles. The Morgan fingerprint density at radius 1 is 1.12 bits per heavy atom. The number of halogens is 4. The molecule has 0 N–H and O–H groups in total. The zero-order chi connectivity index (χ0) is 12.4. The summed E-state index contributed by atoms with van der Waals surface area (Å²) in [7, 11) is 0. The number of hydrogen-bond acceptors (Lipinski definition) is 2. The van der Waals surface area contributed by atoms with Gasteiger partial charge >= 0.3 is 0 Å². The summed E-state index contributed by atoms with van der Waals surface area (Å²) in [5, 5.41) is 0. The van der Waals surface area contributed by atoms with E-state index < -0.39 is 11.6 Å². The van der Waals surface area contributed by atoms with E-state index in [0.29, 0.717) is 14.7 Å². The molecule has 2 nitrogen and oxygen atoms in total. The van der Waals surface area contributed by atoms with Crippen LogP contribution in [0.15, 0.2) is 39.5 Å². The Labute approximate surface area is 113 Å². The van der Waals surface area contributed by atoms with Crippen LogP contribution in [0.3, 0.4) is 0 Å². The minimum absolute atomic E-state index is 0.191. The van der Waals surface area contributed by atoms with Gasteiger partial charge in [0, 0.05) is 22.9 Å². The largest absolute Gasteiger partial charge is 0.453 e. The molecule has 2 rings (SSSR count). The van der Waals surface area contributed by atoms with Gasteiger partial charge in [-0.15, -0.1) is 0 Å². The second kappa shape index (κ2) is 5.10. The van der Waals surface area contributed by atoms with Crippen molar-refractivity contribution in [3.8, 4) is 11.5 Å². The summed E-state index contributed by atoms with van der Waals surface area (Å²) < 4.78 is 32.8. The van der Waals surface area contributed by atoms with Gasteiger partial charge in [-0.3, -0.25) is 4.98 Å². The maximum Gasteiger partial charge on any atom is 0.201 e. The van der Waals surface area contributed by atoms with Gasteiger partial charge in [0.05, 0.1) is 4.47 Å². The lowest BCUT2D eigenvalue weighted by Gasteiger charge is -2.08. The smallest absolute Gasteiger partial charge is 0.201 e. The number of rotatable bonds is 2. The molecule has 88 valence electrons. The Balaban J connectivity index is 2.40. The van der Waals surface area contributed by atoms with Crippen LogP contribution in [0.25, 0.3) is 0 Å². The van der Waals surface area contributed by atoms with Crippen molar-refractivity contribution in [3.05, 3.63) is 51.2 Å². The molecule has 0 spiro atoms. The summed E-state index contributed by atoms with van der Waals surface area (Å²) in [6, 6.07) is 3.93. The molecule has 0 atom stereocenters. The topological polar surface area (TPSA) is 22.1 Å². The van der Waals surface area contributed by atoms with Crippen LogP contribution < -0.4 is 4.74 Å². The normalized spacial score (nSPS) is 10.4. The first-order valence-electron chi connectivity index (χ1n) is 4.50. The SMILES string of the molecule is Fc1cc(Br)cc(Oc2ccncc2Br)c1F. The molecule has 1 aromatic carbocycles. The van der Waals surface area contributed by atoms with Crippen LogP contribution in [0.2, 0.25) is 0 Å². The summed E-state index contributed by atoms with van der Waals surface area (Å²) in [6.45, 7) is 0. The van der Waals surface area contributed by atoms with E-state index in [0.717, 1.165) is 6.07 Å². The lowest BCUT2D eigenvalue weighted by atomic mass is 10.3. The van der Waals surface area contributed by atoms with Crippen LogP contribution in [-0.2, 0) is 0 Å². The number of aromatic nitrogens is 1. The van der Waals surface area contributed by atoms with E-state index in [4.69, 9.17) is 4.74 Å². The zero-order valence-electron chi connectivity index (χ0n) is 8.25. The Kier molecular flexibility index (Phi) is 3.73. The number of ether oxygens (including phenoxy) is 1. The molecule has 17 heavy (non-hydrogen) atoms. The molecule has 0 saturated carbocycles. The van der Waals surface area contributed by atoms with Gasteiger partial charge in [0.1, 0.15) is 5.75 Å². The van der Waals surface area contributed by atoms with Crippen LogP contribution in [0.4, 0.5) is 8.78 Å². The molecular weight excluding hydrogens is 360 g/mol. The molecule has 0 unspecified atom stereocenters. The zero-order valence-corrected chi connectivity index (χ0v) is 11.4. The first-order valence-corrected chi connectivity index (χ1v) is 6.08. The molecule has 0 radical (unpaired) electrons. The van der Waals surface area contributed by atoms with E-state index in [-0.39, 0.29) is 5.75 Å². The Hall–Kier alpha value is -1.01. The number of benzene rings is 1. The van der Waals surface area contributed by atoms with Crippen molar-refractivity contribution in [2.45, 2.75) is 0 Å². The van der Waals surface area contributed by atoms with Crippen LogP contribution in [0.1, 0.15) is 0 Å². The van der Waals surface area contributed by atoms with Crippen molar-refractivity contribution >= 4 is 31.9 Å². The predicted octanol–water partition coefficient (Wildman–Crippen LogP) is 4.68. The monoisotopic (exact) mass is 363 g/mol. The van der Waals surface area contributed by atoms with E-state index in [1.165, 1.54) is 18.5 Å². The van der Waals surface area contributed by atoms with Gasteiger partial charge in [0.25, 0.3) is 0 Å². The van der Waals surface area contributed by atoms with E-state index in [1.807, 2.05) is 0 Å². The maximum atomic E-state index is 13.4. The van der Waals surface area contributed by atoms with Gasteiger partial charge in [-0.25, -0.2) is 4.39 Å². The van der Waals surface area contributed by atoms with Crippen LogP contribution in [-0.4, -0.2) is 4.98 Å². The molecule has 1 heterocycles. The van der Waals surface area contributed by atoms with E-state index in [9.17, 15) is 8.78 Å². The highest BCUT2D eigenvalue weighted by molar-refractivity contribution is 9.10. The molecule has 0 aliphatic rings. The second-order valence-corrected chi connectivity index (χ2v) is 4.88. The molecule has 0 fully saturated rings. The molecule has 2 aromatic rings. The average molecular weight is 365 g/mol. The van der Waals surface area contributed by atoms with Gasteiger partial charge in [0.15, 0.2) is 11.6 Å². The van der Waals surface area contributed by atoms with Gasteiger partial charge in [-0.05, 0) is 28.1 Å². The first kappa shape index (κ1) is 12.4. The highest BCUT2D eigenvalue weighted by atomic mass is 79.9. The number of nitrogens with zero attached hydrogens (tertiary/aromatic N) is 1. The van der Waals surface area contributed by atoms with E-state index >= 15 is 0 Å². The third-order valence-electron chi connectivity index (χ3n) is 1.91. The Morgan fingerprint density at radius 2 is 1.88 bits per heavy atom. The summed E-state index contributed by atoms with van der Waals surface area (Å²) >= 11 is 6.27. The fourth-order valence-electron chi connectivity index (χ4n) is 1.17. The molecular formula is C11H5Br2F2NO. The van der Waals surface area contributed by atoms with Crippen LogP contribution >= 0.6 is 31.9 Å². The van der Waals surface area contributed by atoms with Gasteiger partial charge in [0.2, 0.25) is 5.82 Å². The molecule has 0 aliphatic heterocycles. The van der Waals surface area contributed by atoms with Crippen molar-refractivity contribution in [2.75, 3.05) is 0 Å². The summed E-state index contributed by atoms with van der Waals surface area (Å²) in [6.07, 6.45) is 2.99. The molecule has 1 aromatic heterocycles. The second-order valence-electron chi connectivity index (χ2n) is 3.11. The summed E-state index contributed by atoms with van der Waals surface area (Å²) in [5.41, 5.74) is 0. The minimum atomic E-state index is -1.03. The standard InChI is InChI=1S/C11H5Br2F2NO/c12-6-3-8(14)11(15)10(4-6)17-9-1-2-16-5-7(9)13/h1-5H. The molecule has 0 amide bonds. The van der Waals surface area contributed by atoms with Crippen LogP contribution in [0, 0.1) is 11.6 Å².